The van der Waals surface area contributed by atoms with E-state index in [2.05, 4.69) is 11.8 Å². The van der Waals surface area contributed by atoms with Crippen LogP contribution >= 0.6 is 11.6 Å². The number of anilines is 1. The molecule has 3 aliphatic rings. The SMILES string of the molecule is CC1(N2CCN(S(=O)(=O)c3ccc4c(c3Cl)CCN4C(=O)C(F)(F)F)CC2)CC1. The molecule has 0 N–H and O–H groups in total. The van der Waals surface area contributed by atoms with Crippen LogP contribution in [0.25, 0.3) is 0 Å². The van der Waals surface area contributed by atoms with Crippen molar-refractivity contribution < 1.29 is 26.4 Å². The van der Waals surface area contributed by atoms with Crippen molar-refractivity contribution in [1.82, 2.24) is 9.21 Å². The maximum absolute atomic E-state index is 13.1. The van der Waals surface area contributed by atoms with Crippen LogP contribution in [0.4, 0.5) is 18.9 Å². The molecule has 6 nitrogen and oxygen atoms in total. The zero-order chi connectivity index (χ0) is 21.2. The van der Waals surface area contributed by atoms with Crippen LogP contribution in [0.5, 0.6) is 0 Å². The van der Waals surface area contributed by atoms with Crippen LogP contribution in [0.15, 0.2) is 17.0 Å². The van der Waals surface area contributed by atoms with E-state index in [4.69, 9.17) is 11.6 Å². The standard InChI is InChI=1S/C18H21ClF3N3O3S/c1-17(5-6-17)23-8-10-24(11-9-23)29(27,28)14-3-2-13-12(15(14)19)4-7-25(13)16(26)18(20,21)22/h2-3H,4-11H2,1H3. The van der Waals surface area contributed by atoms with Crippen molar-refractivity contribution in [3.8, 4) is 0 Å². The monoisotopic (exact) mass is 451 g/mol. The fraction of sp³-hybridized carbons (Fsp3) is 0.611. The summed E-state index contributed by atoms with van der Waals surface area (Å²) in [5.74, 6) is -1.98. The molecule has 1 aliphatic carbocycles. The molecule has 2 fully saturated rings. The second-order valence-electron chi connectivity index (χ2n) is 7.97. The number of alkyl halides is 3. The molecule has 2 aliphatic heterocycles. The molecule has 0 spiro atoms. The Morgan fingerprint density at radius 3 is 2.28 bits per heavy atom. The average molecular weight is 452 g/mol. The van der Waals surface area contributed by atoms with Gasteiger partial charge in [-0.2, -0.15) is 17.5 Å². The Morgan fingerprint density at radius 1 is 1.10 bits per heavy atom. The van der Waals surface area contributed by atoms with Gasteiger partial charge in [0.05, 0.1) is 5.02 Å². The molecule has 0 radical (unpaired) electrons. The van der Waals surface area contributed by atoms with Gasteiger partial charge in [-0.15, -0.1) is 0 Å². The molecule has 2 heterocycles. The number of nitrogens with zero attached hydrogens (tertiary/aromatic N) is 3. The van der Waals surface area contributed by atoms with Gasteiger partial charge in [0.2, 0.25) is 10.0 Å². The third-order valence-corrected chi connectivity index (χ3v) is 8.63. The molecule has 0 aromatic heterocycles. The number of hydrogen-bond acceptors (Lipinski definition) is 4. The summed E-state index contributed by atoms with van der Waals surface area (Å²) in [6.07, 6.45) is -2.70. The zero-order valence-corrected chi connectivity index (χ0v) is 17.4. The van der Waals surface area contributed by atoms with E-state index in [9.17, 15) is 26.4 Å². The first-order valence-corrected chi connectivity index (χ1v) is 11.2. The summed E-state index contributed by atoms with van der Waals surface area (Å²) in [4.78, 5) is 14.4. The minimum atomic E-state index is -5.00. The van der Waals surface area contributed by atoms with Crippen LogP contribution in [-0.2, 0) is 21.2 Å². The second kappa shape index (κ2) is 6.83. The fourth-order valence-corrected chi connectivity index (χ4v) is 6.15. The van der Waals surface area contributed by atoms with Crippen LogP contribution in [0, 0.1) is 0 Å². The number of rotatable bonds is 3. The Morgan fingerprint density at radius 2 is 1.72 bits per heavy atom. The van der Waals surface area contributed by atoms with E-state index in [0.717, 1.165) is 12.8 Å². The number of sulfonamides is 1. The molecule has 1 aromatic rings. The van der Waals surface area contributed by atoms with Gasteiger partial charge in [0.15, 0.2) is 0 Å². The van der Waals surface area contributed by atoms with E-state index in [1.54, 1.807) is 0 Å². The Kier molecular flexibility index (Phi) is 4.92. The summed E-state index contributed by atoms with van der Waals surface area (Å²) < 4.78 is 66.0. The van der Waals surface area contributed by atoms with E-state index in [1.807, 2.05) is 0 Å². The lowest BCUT2D eigenvalue weighted by Crippen LogP contribution is -2.52. The van der Waals surface area contributed by atoms with Gasteiger partial charge >= 0.3 is 12.1 Å². The van der Waals surface area contributed by atoms with Gasteiger partial charge in [0, 0.05) is 44.0 Å². The lowest BCUT2D eigenvalue weighted by Gasteiger charge is -2.37. The van der Waals surface area contributed by atoms with Crippen molar-refractivity contribution in [2.24, 2.45) is 0 Å². The van der Waals surface area contributed by atoms with Crippen LogP contribution in [-0.4, -0.2) is 68.0 Å². The Labute approximate surface area is 172 Å². The predicted octanol–water partition coefficient (Wildman–Crippen LogP) is 2.65. The highest BCUT2D eigenvalue weighted by atomic mass is 35.5. The Hall–Kier alpha value is -1.36. The summed E-state index contributed by atoms with van der Waals surface area (Å²) >= 11 is 6.32. The fourth-order valence-electron chi connectivity index (χ4n) is 4.09. The number of carbonyl (C=O) groups excluding carboxylic acids is 1. The largest absolute Gasteiger partial charge is 0.471 e. The van der Waals surface area contributed by atoms with Crippen LogP contribution in [0.2, 0.25) is 5.02 Å². The lowest BCUT2D eigenvalue weighted by molar-refractivity contribution is -0.170. The topological polar surface area (TPSA) is 60.9 Å². The van der Waals surface area contributed by atoms with E-state index in [0.29, 0.717) is 31.1 Å². The molecular formula is C18H21ClF3N3O3S. The number of hydrogen-bond donors (Lipinski definition) is 0. The predicted molar refractivity (Wildman–Crippen MR) is 102 cm³/mol. The normalized spacial score (nSPS) is 22.6. The molecule has 1 saturated carbocycles. The number of benzene rings is 1. The van der Waals surface area contributed by atoms with Crippen LogP contribution in [0.3, 0.4) is 0 Å². The highest BCUT2D eigenvalue weighted by Gasteiger charge is 2.47. The molecule has 160 valence electrons. The van der Waals surface area contributed by atoms with E-state index >= 15 is 0 Å². The van der Waals surface area contributed by atoms with E-state index in [1.165, 1.54) is 16.4 Å². The van der Waals surface area contributed by atoms with Gasteiger partial charge in [0.1, 0.15) is 4.90 Å². The van der Waals surface area contributed by atoms with Crippen molar-refractivity contribution in [3.05, 3.63) is 22.7 Å². The summed E-state index contributed by atoms with van der Waals surface area (Å²) in [7, 11) is -3.88. The summed E-state index contributed by atoms with van der Waals surface area (Å²) in [5, 5.41) is -0.100. The average Bonchev–Trinajstić information content (AvgIpc) is 3.26. The molecule has 0 unspecified atom stereocenters. The first-order chi connectivity index (χ1) is 13.4. The Balaban J connectivity index is 1.58. The van der Waals surface area contributed by atoms with Crippen LogP contribution < -0.4 is 4.90 Å². The molecule has 1 aromatic carbocycles. The molecule has 29 heavy (non-hydrogen) atoms. The summed E-state index contributed by atoms with van der Waals surface area (Å²) in [6, 6.07) is 2.44. The van der Waals surface area contributed by atoms with Crippen molar-refractivity contribution in [3.63, 3.8) is 0 Å². The van der Waals surface area contributed by atoms with Crippen molar-refractivity contribution in [1.29, 1.82) is 0 Å². The van der Waals surface area contributed by atoms with Gasteiger partial charge < -0.3 is 4.90 Å². The minimum absolute atomic E-state index is 0.0164. The maximum Gasteiger partial charge on any atom is 0.471 e. The number of halogens is 4. The first kappa shape index (κ1) is 20.9. The molecule has 0 atom stereocenters. The summed E-state index contributed by atoms with van der Waals surface area (Å²) in [5.41, 5.74) is 0.451. The van der Waals surface area contributed by atoms with Gasteiger partial charge in [0.25, 0.3) is 0 Å². The highest BCUT2D eigenvalue weighted by molar-refractivity contribution is 7.89. The smallest absolute Gasteiger partial charge is 0.304 e. The second-order valence-corrected chi connectivity index (χ2v) is 10.3. The van der Waals surface area contributed by atoms with Gasteiger partial charge in [-0.05, 0) is 43.9 Å². The minimum Gasteiger partial charge on any atom is -0.304 e. The first-order valence-electron chi connectivity index (χ1n) is 9.40. The third-order valence-electron chi connectivity index (χ3n) is 6.14. The molecule has 1 amide bonds. The Bertz CT molecular complexity index is 955. The molecule has 11 heteroatoms. The maximum atomic E-state index is 13.1. The molecule has 0 bridgehead atoms. The molecule has 4 rings (SSSR count). The van der Waals surface area contributed by atoms with E-state index in [-0.39, 0.29) is 39.7 Å². The van der Waals surface area contributed by atoms with Gasteiger partial charge in [-0.25, -0.2) is 8.42 Å². The molecule has 1 saturated heterocycles. The number of piperazine rings is 1. The molecular weight excluding hydrogens is 431 g/mol. The quantitative estimate of drug-likeness (QED) is 0.709. The van der Waals surface area contributed by atoms with Crippen LogP contribution in [0.1, 0.15) is 25.3 Å². The highest BCUT2D eigenvalue weighted by Crippen LogP contribution is 2.43. The van der Waals surface area contributed by atoms with Crippen molar-refractivity contribution >= 4 is 33.2 Å². The van der Waals surface area contributed by atoms with Crippen molar-refractivity contribution in [2.45, 2.75) is 42.8 Å². The van der Waals surface area contributed by atoms with Gasteiger partial charge in [-0.3, -0.25) is 9.69 Å². The number of fused-ring (bicyclic) bond motifs is 1. The van der Waals surface area contributed by atoms with Gasteiger partial charge in [-0.1, -0.05) is 11.6 Å². The number of amides is 1. The zero-order valence-electron chi connectivity index (χ0n) is 15.8. The van der Waals surface area contributed by atoms with Crippen molar-refractivity contribution in [2.75, 3.05) is 37.6 Å². The lowest BCUT2D eigenvalue weighted by atomic mass is 10.2. The number of carbonyl (C=O) groups is 1. The van der Waals surface area contributed by atoms with E-state index < -0.39 is 22.1 Å². The summed E-state index contributed by atoms with van der Waals surface area (Å²) in [6.45, 7) is 3.92. The third kappa shape index (κ3) is 3.54.